The molecule has 0 atom stereocenters. The maximum absolute atomic E-state index is 11.6. The van der Waals surface area contributed by atoms with E-state index in [2.05, 4.69) is 0 Å². The third-order valence-corrected chi connectivity index (χ3v) is 3.79. The lowest BCUT2D eigenvalue weighted by molar-refractivity contribution is 0.0693. The molecule has 0 saturated heterocycles. The maximum Gasteiger partial charge on any atom is 0.340 e. The number of carbonyl (C=O) groups is 1. The van der Waals surface area contributed by atoms with Crippen LogP contribution in [-0.2, 0) is 12.8 Å². The smallest absolute Gasteiger partial charge is 0.340 e. The second kappa shape index (κ2) is 6.52. The summed E-state index contributed by atoms with van der Waals surface area (Å²) in [4.78, 5) is 11.6. The van der Waals surface area contributed by atoms with Crippen molar-refractivity contribution >= 4 is 5.97 Å². The molecule has 0 aromatic heterocycles. The van der Waals surface area contributed by atoms with Gasteiger partial charge in [-0.25, -0.2) is 4.79 Å². The fraction of sp³-hybridized carbons (Fsp3) is 0.278. The summed E-state index contributed by atoms with van der Waals surface area (Å²) in [5.41, 5.74) is 2.39. The monoisotopic (exact) mass is 300 g/mol. The van der Waals surface area contributed by atoms with Crippen molar-refractivity contribution in [3.63, 3.8) is 0 Å². The lowest BCUT2D eigenvalue weighted by atomic mass is 9.86. The molecule has 0 amide bonds. The Hall–Kier alpha value is -2.49. The number of phenols is 2. The molecule has 2 aromatic rings. The van der Waals surface area contributed by atoms with Gasteiger partial charge in [-0.3, -0.25) is 0 Å². The van der Waals surface area contributed by atoms with Crippen LogP contribution in [0.4, 0.5) is 0 Å². The number of carboxylic acids is 1. The van der Waals surface area contributed by atoms with Crippen LogP contribution in [0.25, 0.3) is 11.1 Å². The highest BCUT2D eigenvalue weighted by Gasteiger charge is 2.26. The zero-order chi connectivity index (χ0) is 16.3. The van der Waals surface area contributed by atoms with Crippen LogP contribution in [0.5, 0.6) is 11.5 Å². The normalized spacial score (nSPS) is 10.6. The molecule has 0 unspecified atom stereocenters. The number of carboxylic acid groups (broad SMARTS) is 1. The third-order valence-electron chi connectivity index (χ3n) is 3.79. The van der Waals surface area contributed by atoms with E-state index in [-0.39, 0.29) is 11.3 Å². The van der Waals surface area contributed by atoms with E-state index in [9.17, 15) is 20.1 Å². The summed E-state index contributed by atoms with van der Waals surface area (Å²) in [7, 11) is 0. The van der Waals surface area contributed by atoms with Gasteiger partial charge in [-0.15, -0.1) is 0 Å². The van der Waals surface area contributed by atoms with Crippen LogP contribution in [0.15, 0.2) is 30.3 Å². The van der Waals surface area contributed by atoms with Crippen LogP contribution in [0.3, 0.4) is 0 Å². The number of hydrogen-bond acceptors (Lipinski definition) is 3. The molecule has 2 aromatic carbocycles. The summed E-state index contributed by atoms with van der Waals surface area (Å²) < 4.78 is 0. The van der Waals surface area contributed by atoms with E-state index >= 15 is 0 Å². The molecule has 2 rings (SSSR count). The molecular formula is C18H20O4. The number of benzene rings is 2. The van der Waals surface area contributed by atoms with Gasteiger partial charge >= 0.3 is 5.97 Å². The molecule has 0 heterocycles. The summed E-state index contributed by atoms with van der Waals surface area (Å²) in [6.07, 6.45) is 1.95. The Bertz CT molecular complexity index is 690. The second-order valence-electron chi connectivity index (χ2n) is 5.18. The highest BCUT2D eigenvalue weighted by atomic mass is 16.4. The Balaban J connectivity index is 2.91. The van der Waals surface area contributed by atoms with Gasteiger partial charge in [-0.05, 0) is 24.0 Å². The van der Waals surface area contributed by atoms with Crippen molar-refractivity contribution in [1.82, 2.24) is 0 Å². The zero-order valence-corrected chi connectivity index (χ0v) is 12.8. The molecule has 22 heavy (non-hydrogen) atoms. The Morgan fingerprint density at radius 1 is 1.00 bits per heavy atom. The van der Waals surface area contributed by atoms with E-state index < -0.39 is 11.7 Å². The van der Waals surface area contributed by atoms with Gasteiger partial charge in [-0.2, -0.15) is 0 Å². The first-order chi connectivity index (χ1) is 10.5. The first-order valence-electron chi connectivity index (χ1n) is 7.41. The molecular weight excluding hydrogens is 280 g/mol. The molecule has 0 aliphatic heterocycles. The minimum Gasteiger partial charge on any atom is -0.504 e. The van der Waals surface area contributed by atoms with Crippen molar-refractivity contribution in [1.29, 1.82) is 0 Å². The lowest BCUT2D eigenvalue weighted by Gasteiger charge is -2.19. The molecule has 4 heteroatoms. The SMILES string of the molecule is CCCc1c(O)c(O)c(C(=O)O)c(-c2ccccc2)c1CC. The number of aromatic hydroxyl groups is 2. The Labute approximate surface area is 129 Å². The predicted molar refractivity (Wildman–Crippen MR) is 85.5 cm³/mol. The Kier molecular flexibility index (Phi) is 4.71. The van der Waals surface area contributed by atoms with Crippen molar-refractivity contribution in [3.05, 3.63) is 47.0 Å². The van der Waals surface area contributed by atoms with E-state index in [1.54, 1.807) is 0 Å². The molecule has 0 spiro atoms. The lowest BCUT2D eigenvalue weighted by Crippen LogP contribution is -2.07. The molecule has 0 fully saturated rings. The van der Waals surface area contributed by atoms with Gasteiger partial charge in [0.05, 0.1) is 0 Å². The third kappa shape index (κ3) is 2.64. The fourth-order valence-electron chi connectivity index (χ4n) is 2.87. The minimum absolute atomic E-state index is 0.236. The largest absolute Gasteiger partial charge is 0.504 e. The summed E-state index contributed by atoms with van der Waals surface area (Å²) in [5, 5.41) is 29.9. The molecule has 3 N–H and O–H groups in total. The quantitative estimate of drug-likeness (QED) is 0.730. The van der Waals surface area contributed by atoms with Gasteiger partial charge in [0, 0.05) is 11.1 Å². The van der Waals surface area contributed by atoms with Gasteiger partial charge in [0.15, 0.2) is 11.5 Å². The van der Waals surface area contributed by atoms with Gasteiger partial charge in [0.25, 0.3) is 0 Å². The summed E-state index contributed by atoms with van der Waals surface area (Å²) in [6.45, 7) is 3.90. The first-order valence-corrected chi connectivity index (χ1v) is 7.41. The average Bonchev–Trinajstić information content (AvgIpc) is 2.52. The standard InChI is InChI=1S/C18H20O4/c1-3-8-13-12(4-2)14(11-9-6-5-7-10-11)15(18(21)22)17(20)16(13)19/h5-7,9-10,19-20H,3-4,8H2,1-2H3,(H,21,22). The molecule has 116 valence electrons. The van der Waals surface area contributed by atoms with E-state index in [1.807, 2.05) is 44.2 Å². The van der Waals surface area contributed by atoms with Crippen LogP contribution in [0.1, 0.15) is 41.8 Å². The van der Waals surface area contributed by atoms with Crippen LogP contribution in [0, 0.1) is 0 Å². The van der Waals surface area contributed by atoms with Crippen molar-refractivity contribution in [2.75, 3.05) is 0 Å². The number of phenolic OH excluding ortho intramolecular Hbond substituents is 1. The second-order valence-corrected chi connectivity index (χ2v) is 5.18. The Morgan fingerprint density at radius 3 is 2.14 bits per heavy atom. The Morgan fingerprint density at radius 2 is 1.64 bits per heavy atom. The maximum atomic E-state index is 11.6. The van der Waals surface area contributed by atoms with Gasteiger partial charge in [0.2, 0.25) is 0 Å². The summed E-state index contributed by atoms with van der Waals surface area (Å²) in [6, 6.07) is 9.12. The first kappa shape index (κ1) is 15.9. The van der Waals surface area contributed by atoms with E-state index in [0.29, 0.717) is 24.0 Å². The van der Waals surface area contributed by atoms with Crippen LogP contribution in [-0.4, -0.2) is 21.3 Å². The molecule has 0 radical (unpaired) electrons. The molecule has 4 nitrogen and oxygen atoms in total. The van der Waals surface area contributed by atoms with Crippen molar-refractivity contribution in [2.24, 2.45) is 0 Å². The number of aromatic carboxylic acids is 1. The zero-order valence-electron chi connectivity index (χ0n) is 12.8. The van der Waals surface area contributed by atoms with Crippen molar-refractivity contribution in [3.8, 4) is 22.6 Å². The highest BCUT2D eigenvalue weighted by molar-refractivity contribution is 6.01. The number of hydrogen-bond donors (Lipinski definition) is 3. The van der Waals surface area contributed by atoms with Crippen LogP contribution < -0.4 is 0 Å². The topological polar surface area (TPSA) is 77.8 Å². The average molecular weight is 300 g/mol. The number of rotatable bonds is 5. The molecule has 0 bridgehead atoms. The van der Waals surface area contributed by atoms with Gasteiger partial charge < -0.3 is 15.3 Å². The molecule has 0 aliphatic carbocycles. The van der Waals surface area contributed by atoms with Gasteiger partial charge in [0.1, 0.15) is 5.56 Å². The van der Waals surface area contributed by atoms with Gasteiger partial charge in [-0.1, -0.05) is 50.6 Å². The van der Waals surface area contributed by atoms with Crippen LogP contribution in [0.2, 0.25) is 0 Å². The highest BCUT2D eigenvalue weighted by Crippen LogP contribution is 2.44. The molecule has 0 saturated carbocycles. The predicted octanol–water partition coefficient (Wildman–Crippen LogP) is 3.98. The van der Waals surface area contributed by atoms with E-state index in [4.69, 9.17) is 0 Å². The van der Waals surface area contributed by atoms with Crippen molar-refractivity contribution < 1.29 is 20.1 Å². The van der Waals surface area contributed by atoms with Crippen molar-refractivity contribution in [2.45, 2.75) is 33.1 Å². The molecule has 0 aliphatic rings. The van der Waals surface area contributed by atoms with Crippen LogP contribution >= 0.6 is 0 Å². The van der Waals surface area contributed by atoms with E-state index in [0.717, 1.165) is 17.5 Å². The van der Waals surface area contributed by atoms with E-state index in [1.165, 1.54) is 0 Å². The summed E-state index contributed by atoms with van der Waals surface area (Å²) >= 11 is 0. The summed E-state index contributed by atoms with van der Waals surface area (Å²) in [5.74, 6) is -2.10. The fourth-order valence-corrected chi connectivity index (χ4v) is 2.87. The minimum atomic E-state index is -1.25.